The van der Waals surface area contributed by atoms with Crippen molar-refractivity contribution in [1.29, 1.82) is 0 Å². The van der Waals surface area contributed by atoms with E-state index in [1.165, 1.54) is 82.4 Å². The predicted octanol–water partition coefficient (Wildman–Crippen LogP) is 9.51. The Morgan fingerprint density at radius 2 is 1.11 bits per heavy atom. The van der Waals surface area contributed by atoms with Gasteiger partial charge in [0.05, 0.1) is 0 Å². The number of fused-ring (bicyclic) bond motifs is 7. The first-order valence-electron chi connectivity index (χ1n) is 12.8. The van der Waals surface area contributed by atoms with Crippen LogP contribution in [0.5, 0.6) is 0 Å². The SMILES string of the molecule is Cc1ccc2c(c1)C(C)(C)c1cc3c(cc1-2)C(C)(C)c1cc2ccc4cccc5ccc(c1-3)c2c45. The molecule has 0 aromatic heterocycles. The highest BCUT2D eigenvalue weighted by molar-refractivity contribution is 6.26. The molecule has 6 aromatic carbocycles. The van der Waals surface area contributed by atoms with Crippen molar-refractivity contribution in [2.24, 2.45) is 0 Å². The molecular formula is C35H28. The fourth-order valence-corrected chi connectivity index (χ4v) is 7.36. The van der Waals surface area contributed by atoms with Gasteiger partial charge in [-0.2, -0.15) is 0 Å². The summed E-state index contributed by atoms with van der Waals surface area (Å²) in [6, 6.07) is 30.6. The molecule has 0 heterocycles. The Morgan fingerprint density at radius 1 is 0.486 bits per heavy atom. The van der Waals surface area contributed by atoms with Crippen molar-refractivity contribution in [2.45, 2.75) is 45.4 Å². The minimum atomic E-state index is -0.0399. The van der Waals surface area contributed by atoms with Crippen molar-refractivity contribution < 1.29 is 0 Å². The lowest BCUT2D eigenvalue weighted by molar-refractivity contribution is 0.652. The zero-order valence-corrected chi connectivity index (χ0v) is 21.0. The van der Waals surface area contributed by atoms with E-state index in [0.717, 1.165) is 0 Å². The molecule has 0 amide bonds. The number of benzene rings is 6. The lowest BCUT2D eigenvalue weighted by atomic mass is 9.79. The van der Waals surface area contributed by atoms with Gasteiger partial charge in [-0.25, -0.2) is 0 Å². The molecule has 168 valence electrons. The van der Waals surface area contributed by atoms with Crippen LogP contribution >= 0.6 is 0 Å². The summed E-state index contributed by atoms with van der Waals surface area (Å²) in [6.07, 6.45) is 0. The average molecular weight is 449 g/mol. The molecule has 0 aliphatic heterocycles. The third-order valence-electron chi connectivity index (χ3n) is 9.23. The minimum Gasteiger partial charge on any atom is -0.0610 e. The second-order valence-electron chi connectivity index (χ2n) is 11.9. The highest BCUT2D eigenvalue weighted by atomic mass is 14.4. The van der Waals surface area contributed by atoms with Crippen LogP contribution in [0.2, 0.25) is 0 Å². The molecule has 2 aliphatic rings. The van der Waals surface area contributed by atoms with Crippen molar-refractivity contribution in [3.63, 3.8) is 0 Å². The van der Waals surface area contributed by atoms with Gasteiger partial charge in [-0.3, -0.25) is 0 Å². The topological polar surface area (TPSA) is 0 Å². The van der Waals surface area contributed by atoms with Crippen molar-refractivity contribution in [3.05, 3.63) is 107 Å². The summed E-state index contributed by atoms with van der Waals surface area (Å²) in [7, 11) is 0. The number of hydrogen-bond acceptors (Lipinski definition) is 0. The molecule has 0 nitrogen and oxygen atoms in total. The molecule has 0 spiro atoms. The third kappa shape index (κ3) is 2.20. The molecule has 35 heavy (non-hydrogen) atoms. The van der Waals surface area contributed by atoms with Crippen molar-refractivity contribution >= 4 is 32.3 Å². The Morgan fingerprint density at radius 3 is 1.91 bits per heavy atom. The summed E-state index contributed by atoms with van der Waals surface area (Å²) in [6.45, 7) is 11.8. The minimum absolute atomic E-state index is 0.00238. The standard InChI is InChI=1S/C35H28/c1-19-9-13-23-25-17-29-26(18-28(25)34(2,3)27(23)15-19)33-24-14-12-21-8-6-7-20-10-11-22(32(24)31(20)21)16-30(33)35(29,4)5/h6-18H,1-5H3. The normalized spacial score (nSPS) is 16.6. The summed E-state index contributed by atoms with van der Waals surface area (Å²) in [5.41, 5.74) is 12.9. The second kappa shape index (κ2) is 5.94. The molecule has 0 bridgehead atoms. The van der Waals surface area contributed by atoms with Gasteiger partial charge in [0.2, 0.25) is 0 Å². The molecule has 0 saturated heterocycles. The zero-order valence-electron chi connectivity index (χ0n) is 21.0. The Labute approximate surface area is 206 Å². The Kier molecular flexibility index (Phi) is 3.34. The quantitative estimate of drug-likeness (QED) is 0.203. The van der Waals surface area contributed by atoms with Crippen LogP contribution in [-0.4, -0.2) is 0 Å². The molecule has 0 saturated carbocycles. The van der Waals surface area contributed by atoms with Crippen molar-refractivity contribution in [2.75, 3.05) is 0 Å². The second-order valence-corrected chi connectivity index (χ2v) is 11.9. The van der Waals surface area contributed by atoms with Gasteiger partial charge in [-0.15, -0.1) is 0 Å². The first kappa shape index (κ1) is 19.6. The molecular weight excluding hydrogens is 420 g/mol. The van der Waals surface area contributed by atoms with Crippen LogP contribution in [-0.2, 0) is 10.8 Å². The molecule has 6 aromatic rings. The maximum atomic E-state index is 2.55. The average Bonchev–Trinajstić information content (AvgIpc) is 3.20. The largest absolute Gasteiger partial charge is 0.0610 e. The van der Waals surface area contributed by atoms with Gasteiger partial charge in [0.1, 0.15) is 0 Å². The maximum absolute atomic E-state index is 2.55. The molecule has 0 radical (unpaired) electrons. The number of rotatable bonds is 0. The van der Waals surface area contributed by atoms with Crippen LogP contribution in [0.15, 0.2) is 78.9 Å². The van der Waals surface area contributed by atoms with Gasteiger partial charge in [-0.05, 0) is 102 Å². The van der Waals surface area contributed by atoms with E-state index in [1.807, 2.05) is 0 Å². The first-order chi connectivity index (χ1) is 16.8. The molecule has 0 fully saturated rings. The highest BCUT2D eigenvalue weighted by Crippen LogP contribution is 2.58. The van der Waals surface area contributed by atoms with Crippen LogP contribution in [0, 0.1) is 6.92 Å². The van der Waals surface area contributed by atoms with E-state index >= 15 is 0 Å². The number of aryl methyl sites for hydroxylation is 1. The molecule has 0 heteroatoms. The van der Waals surface area contributed by atoms with Gasteiger partial charge in [0.15, 0.2) is 0 Å². The fourth-order valence-electron chi connectivity index (χ4n) is 7.36. The molecule has 0 unspecified atom stereocenters. The summed E-state index contributed by atoms with van der Waals surface area (Å²) in [5.74, 6) is 0. The van der Waals surface area contributed by atoms with E-state index in [0.29, 0.717) is 0 Å². The van der Waals surface area contributed by atoms with E-state index in [9.17, 15) is 0 Å². The van der Waals surface area contributed by atoms with E-state index in [-0.39, 0.29) is 10.8 Å². The summed E-state index contributed by atoms with van der Waals surface area (Å²) < 4.78 is 0. The first-order valence-corrected chi connectivity index (χ1v) is 12.8. The van der Waals surface area contributed by atoms with Gasteiger partial charge in [-0.1, -0.05) is 93.9 Å². The van der Waals surface area contributed by atoms with Crippen LogP contribution in [0.1, 0.15) is 55.5 Å². The Balaban J connectivity index is 1.52. The maximum Gasteiger partial charge on any atom is 0.0159 e. The monoisotopic (exact) mass is 448 g/mol. The molecule has 0 N–H and O–H groups in total. The van der Waals surface area contributed by atoms with Crippen LogP contribution in [0.4, 0.5) is 0 Å². The number of hydrogen-bond donors (Lipinski definition) is 0. The lowest BCUT2D eigenvalue weighted by Crippen LogP contribution is -2.17. The van der Waals surface area contributed by atoms with E-state index in [2.05, 4.69) is 113 Å². The van der Waals surface area contributed by atoms with Crippen LogP contribution < -0.4 is 0 Å². The summed E-state index contributed by atoms with van der Waals surface area (Å²) in [4.78, 5) is 0. The summed E-state index contributed by atoms with van der Waals surface area (Å²) >= 11 is 0. The fraction of sp³-hybridized carbons (Fsp3) is 0.200. The van der Waals surface area contributed by atoms with E-state index < -0.39 is 0 Å². The van der Waals surface area contributed by atoms with Crippen LogP contribution in [0.3, 0.4) is 0 Å². The van der Waals surface area contributed by atoms with Gasteiger partial charge < -0.3 is 0 Å². The molecule has 8 rings (SSSR count). The summed E-state index contributed by atoms with van der Waals surface area (Å²) in [5, 5.41) is 8.25. The van der Waals surface area contributed by atoms with E-state index in [4.69, 9.17) is 0 Å². The van der Waals surface area contributed by atoms with Crippen molar-refractivity contribution in [3.8, 4) is 22.3 Å². The van der Waals surface area contributed by atoms with Gasteiger partial charge in [0, 0.05) is 10.8 Å². The highest BCUT2D eigenvalue weighted by Gasteiger charge is 2.42. The Hall–Kier alpha value is -3.64. The van der Waals surface area contributed by atoms with Crippen LogP contribution in [0.25, 0.3) is 54.6 Å². The lowest BCUT2D eigenvalue weighted by Gasteiger charge is -2.24. The predicted molar refractivity (Wildman–Crippen MR) is 150 cm³/mol. The smallest absolute Gasteiger partial charge is 0.0159 e. The van der Waals surface area contributed by atoms with Gasteiger partial charge in [0.25, 0.3) is 0 Å². The van der Waals surface area contributed by atoms with Crippen molar-refractivity contribution in [1.82, 2.24) is 0 Å². The molecule has 0 atom stereocenters. The Bertz CT molecular complexity index is 1880. The molecule has 2 aliphatic carbocycles. The van der Waals surface area contributed by atoms with E-state index in [1.54, 1.807) is 0 Å². The third-order valence-corrected chi connectivity index (χ3v) is 9.23. The van der Waals surface area contributed by atoms with Gasteiger partial charge >= 0.3 is 0 Å². The zero-order chi connectivity index (χ0) is 23.9.